The molecular formula is C16H21NO4. The first-order valence-corrected chi connectivity index (χ1v) is 7.34. The third-order valence-electron chi connectivity index (χ3n) is 4.40. The van der Waals surface area contributed by atoms with Crippen molar-refractivity contribution in [2.45, 2.75) is 46.1 Å². The molecule has 0 heterocycles. The van der Waals surface area contributed by atoms with Crippen molar-refractivity contribution in [2.75, 3.05) is 0 Å². The van der Waals surface area contributed by atoms with Crippen molar-refractivity contribution in [3.8, 4) is 5.75 Å². The van der Waals surface area contributed by atoms with Crippen LogP contribution in [-0.2, 0) is 0 Å². The number of nitro benzene ring substituents is 1. The van der Waals surface area contributed by atoms with E-state index in [0.717, 1.165) is 19.3 Å². The molecule has 5 nitrogen and oxygen atoms in total. The van der Waals surface area contributed by atoms with Crippen LogP contribution in [0, 0.1) is 22.0 Å². The predicted octanol–water partition coefficient (Wildman–Crippen LogP) is 4.00. The first-order valence-electron chi connectivity index (χ1n) is 7.34. The Hall–Kier alpha value is -1.91. The average Bonchev–Trinajstić information content (AvgIpc) is 2.42. The Balaban J connectivity index is 2.16. The maximum atomic E-state index is 11.6. The first kappa shape index (κ1) is 15.5. The number of rotatable bonds is 4. The molecule has 1 aromatic rings. The molecule has 0 amide bonds. The summed E-state index contributed by atoms with van der Waals surface area (Å²) in [5.74, 6) is 1.53. The van der Waals surface area contributed by atoms with Gasteiger partial charge in [0.25, 0.3) is 5.69 Å². The Labute approximate surface area is 124 Å². The minimum Gasteiger partial charge on any atom is -0.490 e. The largest absolute Gasteiger partial charge is 0.490 e. The number of Topliss-reactive ketones (excluding diaryl/α,β-unsaturated/α-hetero) is 1. The minimum atomic E-state index is -0.537. The van der Waals surface area contributed by atoms with Gasteiger partial charge in [0.15, 0.2) is 5.78 Å². The summed E-state index contributed by atoms with van der Waals surface area (Å²) < 4.78 is 5.92. The zero-order valence-corrected chi connectivity index (χ0v) is 12.7. The fraction of sp³-hybridized carbons (Fsp3) is 0.562. The van der Waals surface area contributed by atoms with Gasteiger partial charge in [0.05, 0.1) is 16.6 Å². The molecule has 21 heavy (non-hydrogen) atoms. The van der Waals surface area contributed by atoms with Crippen LogP contribution in [0.2, 0.25) is 0 Å². The Kier molecular flexibility index (Phi) is 4.60. The number of benzene rings is 1. The molecule has 3 atom stereocenters. The zero-order valence-electron chi connectivity index (χ0n) is 12.7. The predicted molar refractivity (Wildman–Crippen MR) is 79.7 cm³/mol. The highest BCUT2D eigenvalue weighted by atomic mass is 16.6. The van der Waals surface area contributed by atoms with Crippen LogP contribution in [0.25, 0.3) is 0 Å². The molecule has 0 aromatic heterocycles. The third-order valence-corrected chi connectivity index (χ3v) is 4.40. The average molecular weight is 291 g/mol. The summed E-state index contributed by atoms with van der Waals surface area (Å²) in [7, 11) is 0. The van der Waals surface area contributed by atoms with E-state index in [1.807, 2.05) is 0 Å². The molecule has 1 saturated carbocycles. The van der Waals surface area contributed by atoms with E-state index >= 15 is 0 Å². The lowest BCUT2D eigenvalue weighted by atomic mass is 9.80. The third kappa shape index (κ3) is 3.60. The quantitative estimate of drug-likeness (QED) is 0.477. The molecule has 0 saturated heterocycles. The van der Waals surface area contributed by atoms with Gasteiger partial charge in [0.1, 0.15) is 5.75 Å². The fourth-order valence-electron chi connectivity index (χ4n) is 2.83. The SMILES string of the molecule is CC(=O)c1cc(OC2CCC(C)C(C)C2)ccc1[N+](=O)[O-]. The van der Waals surface area contributed by atoms with E-state index in [1.165, 1.54) is 19.1 Å². The van der Waals surface area contributed by atoms with Crippen LogP contribution >= 0.6 is 0 Å². The molecule has 1 fully saturated rings. The van der Waals surface area contributed by atoms with Crippen molar-refractivity contribution in [1.82, 2.24) is 0 Å². The summed E-state index contributed by atoms with van der Waals surface area (Å²) in [5.41, 5.74) is -0.0600. The second-order valence-electron chi connectivity index (χ2n) is 6.00. The summed E-state index contributed by atoms with van der Waals surface area (Å²) in [4.78, 5) is 21.9. The fourth-order valence-corrected chi connectivity index (χ4v) is 2.83. The van der Waals surface area contributed by atoms with Crippen LogP contribution in [0.4, 0.5) is 5.69 Å². The maximum absolute atomic E-state index is 11.6. The summed E-state index contributed by atoms with van der Waals surface area (Å²) >= 11 is 0. The smallest absolute Gasteiger partial charge is 0.280 e. The van der Waals surface area contributed by atoms with Crippen molar-refractivity contribution in [3.63, 3.8) is 0 Å². The van der Waals surface area contributed by atoms with Crippen molar-refractivity contribution in [2.24, 2.45) is 11.8 Å². The van der Waals surface area contributed by atoms with E-state index in [4.69, 9.17) is 4.74 Å². The standard InChI is InChI=1S/C16H21NO4/c1-10-4-5-13(8-11(10)2)21-14-6-7-16(17(19)20)15(9-14)12(3)18/h6-7,9-11,13H,4-5,8H2,1-3H3. The zero-order chi connectivity index (χ0) is 15.6. The minimum absolute atomic E-state index is 0.106. The van der Waals surface area contributed by atoms with Crippen LogP contribution in [0.15, 0.2) is 18.2 Å². The molecule has 0 N–H and O–H groups in total. The highest BCUT2D eigenvalue weighted by Crippen LogP contribution is 2.33. The van der Waals surface area contributed by atoms with Crippen LogP contribution < -0.4 is 4.74 Å². The molecule has 2 rings (SSSR count). The summed E-state index contributed by atoms with van der Waals surface area (Å²) in [6.07, 6.45) is 3.21. The molecule has 0 aliphatic heterocycles. The van der Waals surface area contributed by atoms with Crippen LogP contribution in [0.3, 0.4) is 0 Å². The lowest BCUT2D eigenvalue weighted by molar-refractivity contribution is -0.385. The monoisotopic (exact) mass is 291 g/mol. The highest BCUT2D eigenvalue weighted by Gasteiger charge is 2.26. The number of hydrogen-bond acceptors (Lipinski definition) is 4. The van der Waals surface area contributed by atoms with Crippen LogP contribution in [0.1, 0.15) is 50.4 Å². The second-order valence-corrected chi connectivity index (χ2v) is 6.00. The first-order chi connectivity index (χ1) is 9.88. The van der Waals surface area contributed by atoms with E-state index < -0.39 is 4.92 Å². The summed E-state index contributed by atoms with van der Waals surface area (Å²) in [6, 6.07) is 4.41. The number of carbonyl (C=O) groups is 1. The van der Waals surface area contributed by atoms with Gasteiger partial charge in [-0.3, -0.25) is 14.9 Å². The van der Waals surface area contributed by atoms with Gasteiger partial charge in [-0.1, -0.05) is 13.8 Å². The number of ether oxygens (including phenoxy) is 1. The van der Waals surface area contributed by atoms with Crippen molar-refractivity contribution >= 4 is 11.5 Å². The van der Waals surface area contributed by atoms with Gasteiger partial charge < -0.3 is 4.74 Å². The topological polar surface area (TPSA) is 69.4 Å². The van der Waals surface area contributed by atoms with Crippen molar-refractivity contribution in [1.29, 1.82) is 0 Å². The van der Waals surface area contributed by atoms with Gasteiger partial charge in [-0.25, -0.2) is 0 Å². The molecule has 5 heteroatoms. The van der Waals surface area contributed by atoms with Gasteiger partial charge >= 0.3 is 0 Å². The Morgan fingerprint density at radius 1 is 1.29 bits per heavy atom. The Bertz CT molecular complexity index is 555. The number of carbonyl (C=O) groups excluding carboxylic acids is 1. The number of nitrogens with zero attached hydrogens (tertiary/aromatic N) is 1. The Morgan fingerprint density at radius 2 is 2.00 bits per heavy atom. The highest BCUT2D eigenvalue weighted by molar-refractivity contribution is 5.98. The van der Waals surface area contributed by atoms with E-state index in [9.17, 15) is 14.9 Å². The van der Waals surface area contributed by atoms with Crippen LogP contribution in [-0.4, -0.2) is 16.8 Å². The van der Waals surface area contributed by atoms with Crippen molar-refractivity contribution in [3.05, 3.63) is 33.9 Å². The van der Waals surface area contributed by atoms with Gasteiger partial charge in [-0.15, -0.1) is 0 Å². The van der Waals surface area contributed by atoms with E-state index in [2.05, 4.69) is 13.8 Å². The number of nitro groups is 1. The van der Waals surface area contributed by atoms with Crippen molar-refractivity contribution < 1.29 is 14.5 Å². The molecule has 0 bridgehead atoms. The van der Waals surface area contributed by atoms with Gasteiger partial charge in [-0.2, -0.15) is 0 Å². The molecule has 114 valence electrons. The normalized spacial score (nSPS) is 25.4. The van der Waals surface area contributed by atoms with Gasteiger partial charge in [0, 0.05) is 6.07 Å². The molecule has 1 aliphatic carbocycles. The molecule has 0 spiro atoms. The van der Waals surface area contributed by atoms with E-state index in [1.54, 1.807) is 6.07 Å². The summed E-state index contributed by atoms with van der Waals surface area (Å²) in [5, 5.41) is 10.9. The molecule has 1 aromatic carbocycles. The molecular weight excluding hydrogens is 270 g/mol. The Morgan fingerprint density at radius 3 is 2.57 bits per heavy atom. The summed E-state index contributed by atoms with van der Waals surface area (Å²) in [6.45, 7) is 5.80. The van der Waals surface area contributed by atoms with Crippen LogP contribution in [0.5, 0.6) is 5.75 Å². The van der Waals surface area contributed by atoms with E-state index in [0.29, 0.717) is 17.6 Å². The van der Waals surface area contributed by atoms with E-state index in [-0.39, 0.29) is 23.1 Å². The molecule has 3 unspecified atom stereocenters. The second kappa shape index (κ2) is 6.24. The molecule has 0 radical (unpaired) electrons. The number of hydrogen-bond donors (Lipinski definition) is 0. The van der Waals surface area contributed by atoms with Gasteiger partial charge in [-0.05, 0) is 50.2 Å². The molecule has 1 aliphatic rings. The van der Waals surface area contributed by atoms with Gasteiger partial charge in [0.2, 0.25) is 0 Å². The lowest BCUT2D eigenvalue weighted by Crippen LogP contribution is -2.28. The maximum Gasteiger partial charge on any atom is 0.280 e. The number of ketones is 1. The lowest BCUT2D eigenvalue weighted by Gasteiger charge is -2.32.